The fraction of sp³-hybridized carbons (Fsp3) is 0.586. The summed E-state index contributed by atoms with van der Waals surface area (Å²) in [4.78, 5) is 40.3. The van der Waals surface area contributed by atoms with Crippen LogP contribution in [0.25, 0.3) is 0 Å². The van der Waals surface area contributed by atoms with E-state index in [4.69, 9.17) is 23.2 Å². The summed E-state index contributed by atoms with van der Waals surface area (Å²) in [5.41, 5.74) is -2.71. The minimum absolute atomic E-state index is 0.0209. The lowest BCUT2D eigenvalue weighted by Crippen LogP contribution is -2.44. The molecule has 0 spiro atoms. The number of carboxylic acids is 1. The molecule has 3 aliphatic carbocycles. The number of carbonyl (C=O) groups is 3. The molecule has 0 aliphatic heterocycles. The number of carbonyl (C=O) groups excluding carboxylic acids is 2. The van der Waals surface area contributed by atoms with Crippen molar-refractivity contribution in [3.05, 3.63) is 51.3 Å². The van der Waals surface area contributed by atoms with Crippen LogP contribution in [0.1, 0.15) is 91.7 Å². The van der Waals surface area contributed by atoms with Crippen LogP contribution < -0.4 is 0 Å². The van der Waals surface area contributed by atoms with Crippen LogP contribution in [-0.4, -0.2) is 50.0 Å². The maximum atomic E-state index is 14.6. The van der Waals surface area contributed by atoms with Gasteiger partial charge in [-0.2, -0.15) is 18.3 Å². The average molecular weight is 614 g/mol. The Labute approximate surface area is 246 Å². The molecule has 0 bridgehead atoms. The van der Waals surface area contributed by atoms with E-state index in [-0.39, 0.29) is 46.7 Å². The van der Waals surface area contributed by atoms with Gasteiger partial charge in [-0.05, 0) is 74.8 Å². The van der Waals surface area contributed by atoms with E-state index in [0.29, 0.717) is 24.7 Å². The van der Waals surface area contributed by atoms with Gasteiger partial charge in [-0.3, -0.25) is 19.1 Å². The molecule has 3 fully saturated rings. The van der Waals surface area contributed by atoms with Crippen molar-refractivity contribution in [3.8, 4) is 0 Å². The van der Waals surface area contributed by atoms with E-state index in [1.807, 2.05) is 0 Å². The van der Waals surface area contributed by atoms with Gasteiger partial charge >= 0.3 is 12.1 Å². The first-order valence-corrected chi connectivity index (χ1v) is 14.5. The van der Waals surface area contributed by atoms with Crippen LogP contribution in [0.15, 0.2) is 24.4 Å². The van der Waals surface area contributed by atoms with Gasteiger partial charge < -0.3 is 10.0 Å². The largest absolute Gasteiger partial charge is 0.481 e. The Bertz CT molecular complexity index is 1360. The Hall–Kier alpha value is -2.59. The monoisotopic (exact) mass is 613 g/mol. The van der Waals surface area contributed by atoms with Crippen LogP contribution in [0.5, 0.6) is 0 Å². The summed E-state index contributed by atoms with van der Waals surface area (Å²) in [6.07, 6.45) is -2.09. The normalized spacial score (nSPS) is 28.7. The van der Waals surface area contributed by atoms with Gasteiger partial charge in [0.2, 0.25) is 0 Å². The summed E-state index contributed by atoms with van der Waals surface area (Å²) in [6, 6.07) is 3.42. The number of amides is 1. The number of benzene rings is 1. The van der Waals surface area contributed by atoms with Crippen molar-refractivity contribution in [2.45, 2.75) is 77.6 Å². The lowest BCUT2D eigenvalue weighted by atomic mass is 9.74. The molecule has 222 valence electrons. The van der Waals surface area contributed by atoms with Crippen molar-refractivity contribution in [3.63, 3.8) is 0 Å². The molecule has 12 heteroatoms. The predicted octanol–water partition coefficient (Wildman–Crippen LogP) is 7.17. The number of aromatic nitrogens is 2. The van der Waals surface area contributed by atoms with Gasteiger partial charge in [0.15, 0.2) is 11.5 Å². The highest BCUT2D eigenvalue weighted by molar-refractivity contribution is 6.40. The SMILES string of the molecule is CC1(C)[C@@H]2C[C@@H](N(CC(=O)c3c(Cl)cccc3Cl)C(=O)c3cnn([C@H]4CC[C@](C)(C(=O)O)CC4)c3C(F)(F)F)C[C@@H]21. The van der Waals surface area contributed by atoms with Crippen molar-refractivity contribution < 1.29 is 32.7 Å². The molecule has 3 aliphatic rings. The third-order valence-corrected chi connectivity index (χ3v) is 10.4. The molecule has 3 saturated carbocycles. The highest BCUT2D eigenvalue weighted by atomic mass is 35.5. The zero-order chi connectivity index (χ0) is 30.1. The Balaban J connectivity index is 1.48. The number of halogens is 5. The predicted molar refractivity (Wildman–Crippen MR) is 146 cm³/mol. The number of hydrogen-bond donors (Lipinski definition) is 1. The van der Waals surface area contributed by atoms with Gasteiger partial charge in [0.1, 0.15) is 0 Å². The topological polar surface area (TPSA) is 92.5 Å². The molecule has 1 aromatic carbocycles. The summed E-state index contributed by atoms with van der Waals surface area (Å²) in [6.45, 7) is 5.37. The Morgan fingerprint density at radius 1 is 1.07 bits per heavy atom. The second kappa shape index (κ2) is 10.3. The number of rotatable bonds is 7. The lowest BCUT2D eigenvalue weighted by Gasteiger charge is -2.35. The summed E-state index contributed by atoms with van der Waals surface area (Å²) in [5, 5.41) is 13.7. The molecule has 1 heterocycles. The quantitative estimate of drug-likeness (QED) is 0.334. The van der Waals surface area contributed by atoms with Crippen LogP contribution in [0.3, 0.4) is 0 Å². The summed E-state index contributed by atoms with van der Waals surface area (Å²) < 4.78 is 44.5. The number of hydrogen-bond acceptors (Lipinski definition) is 4. The highest BCUT2D eigenvalue weighted by Gasteiger charge is 2.63. The molecule has 3 atom stereocenters. The second-order valence-electron chi connectivity index (χ2n) is 12.6. The molecular weight excluding hydrogens is 582 g/mol. The van der Waals surface area contributed by atoms with Crippen molar-refractivity contribution in [2.75, 3.05) is 6.54 Å². The summed E-state index contributed by atoms with van der Waals surface area (Å²) in [7, 11) is 0. The van der Waals surface area contributed by atoms with Crippen LogP contribution >= 0.6 is 23.2 Å². The molecule has 2 aromatic rings. The molecular formula is C29H32Cl2F3N3O4. The first-order chi connectivity index (χ1) is 19.1. The molecule has 1 amide bonds. The molecule has 0 saturated heterocycles. The molecule has 7 nitrogen and oxygen atoms in total. The molecule has 0 unspecified atom stereocenters. The van der Waals surface area contributed by atoms with Gasteiger partial charge in [-0.1, -0.05) is 43.1 Å². The molecule has 1 aromatic heterocycles. The van der Waals surface area contributed by atoms with Crippen molar-refractivity contribution in [2.24, 2.45) is 22.7 Å². The maximum absolute atomic E-state index is 14.6. The minimum atomic E-state index is -4.91. The number of ketones is 1. The molecule has 5 rings (SSSR count). The fourth-order valence-electron chi connectivity index (χ4n) is 7.03. The number of Topliss-reactive ketones (excluding diaryl/α,β-unsaturated/α-hetero) is 1. The second-order valence-corrected chi connectivity index (χ2v) is 13.4. The van der Waals surface area contributed by atoms with E-state index in [1.54, 1.807) is 13.0 Å². The maximum Gasteiger partial charge on any atom is 0.433 e. The van der Waals surface area contributed by atoms with E-state index < -0.39 is 59.1 Å². The zero-order valence-corrected chi connectivity index (χ0v) is 24.5. The van der Waals surface area contributed by atoms with E-state index in [2.05, 4.69) is 18.9 Å². The molecule has 41 heavy (non-hydrogen) atoms. The van der Waals surface area contributed by atoms with Crippen LogP contribution in [0.2, 0.25) is 10.0 Å². The summed E-state index contributed by atoms with van der Waals surface area (Å²) >= 11 is 12.5. The summed E-state index contributed by atoms with van der Waals surface area (Å²) in [5.74, 6) is -1.83. The fourth-order valence-corrected chi connectivity index (χ4v) is 7.63. The highest BCUT2D eigenvalue weighted by Crippen LogP contribution is 2.67. The first-order valence-electron chi connectivity index (χ1n) is 13.7. The van der Waals surface area contributed by atoms with Gasteiger partial charge in [0.25, 0.3) is 5.91 Å². The minimum Gasteiger partial charge on any atom is -0.481 e. The Morgan fingerprint density at radius 2 is 1.63 bits per heavy atom. The van der Waals surface area contributed by atoms with Crippen LogP contribution in [0.4, 0.5) is 13.2 Å². The van der Waals surface area contributed by atoms with Gasteiger partial charge in [0, 0.05) is 6.04 Å². The smallest absolute Gasteiger partial charge is 0.433 e. The number of nitrogens with zero attached hydrogens (tertiary/aromatic N) is 3. The van der Waals surface area contributed by atoms with E-state index >= 15 is 0 Å². The van der Waals surface area contributed by atoms with E-state index in [9.17, 15) is 32.7 Å². The standard InChI is InChI=1S/C29H32Cl2F3N3O4/c1-27(2)18-11-16(12-19(18)27)36(14-22(38)23-20(30)5-4-6-21(23)31)25(39)17-13-35-37(24(17)29(32,33)34)15-7-9-28(3,10-8-15)26(40)41/h4-6,13,15-16,18-19H,7-12,14H2,1-3H3,(H,40,41)/t15-,16-,18-,19+,28-. The average Bonchev–Trinajstić information content (AvgIpc) is 3.30. The first kappa shape index (κ1) is 29.9. The molecule has 0 radical (unpaired) electrons. The zero-order valence-electron chi connectivity index (χ0n) is 23.0. The lowest BCUT2D eigenvalue weighted by molar-refractivity contribution is -0.152. The van der Waals surface area contributed by atoms with Crippen molar-refractivity contribution in [1.82, 2.24) is 14.7 Å². The van der Waals surface area contributed by atoms with Crippen LogP contribution in [-0.2, 0) is 11.0 Å². The number of carboxylic acid groups (broad SMARTS) is 1. The third-order valence-electron chi connectivity index (χ3n) is 9.81. The van der Waals surface area contributed by atoms with Gasteiger partial charge in [0.05, 0.1) is 45.4 Å². The van der Waals surface area contributed by atoms with Gasteiger partial charge in [-0.15, -0.1) is 0 Å². The number of aliphatic carboxylic acids is 1. The third kappa shape index (κ3) is 5.26. The van der Waals surface area contributed by atoms with Crippen molar-refractivity contribution >= 4 is 40.9 Å². The van der Waals surface area contributed by atoms with Crippen molar-refractivity contribution in [1.29, 1.82) is 0 Å². The Morgan fingerprint density at radius 3 is 2.15 bits per heavy atom. The van der Waals surface area contributed by atoms with E-state index in [1.165, 1.54) is 17.0 Å². The Kier molecular flexibility index (Phi) is 7.50. The number of alkyl halides is 3. The van der Waals surface area contributed by atoms with Crippen LogP contribution in [0, 0.1) is 22.7 Å². The van der Waals surface area contributed by atoms with E-state index in [0.717, 1.165) is 10.9 Å². The molecule has 1 N–H and O–H groups in total. The number of fused-ring (bicyclic) bond motifs is 1. The van der Waals surface area contributed by atoms with Gasteiger partial charge in [-0.25, -0.2) is 0 Å².